The average molecular weight is 1090 g/mol. The van der Waals surface area contributed by atoms with E-state index in [0.717, 1.165) is 5.56 Å². The maximum absolute atomic E-state index is 14.4. The summed E-state index contributed by atoms with van der Waals surface area (Å²) >= 11 is 0.642. The van der Waals surface area contributed by atoms with Gasteiger partial charge in [0.2, 0.25) is 23.6 Å². The van der Waals surface area contributed by atoms with Crippen LogP contribution in [0.15, 0.2) is 71.1 Å². The predicted octanol–water partition coefficient (Wildman–Crippen LogP) is 7.79. The molecule has 428 valence electrons. The van der Waals surface area contributed by atoms with Gasteiger partial charge >= 0.3 is 18.2 Å². The molecule has 76 heavy (non-hydrogen) atoms. The molecule has 2 aromatic carbocycles. The van der Waals surface area contributed by atoms with Crippen LogP contribution in [-0.2, 0) is 38.9 Å². The number of nitrogens with two attached hydrogens (primary N) is 1. The summed E-state index contributed by atoms with van der Waals surface area (Å²) in [4.78, 5) is 108. The van der Waals surface area contributed by atoms with Gasteiger partial charge in [-0.25, -0.2) is 14.4 Å². The number of amides is 9. The average Bonchev–Trinajstić information content (AvgIpc) is 3.29. The number of anilines is 1. The summed E-state index contributed by atoms with van der Waals surface area (Å²) in [5.41, 5.74) is 5.16. The summed E-state index contributed by atoms with van der Waals surface area (Å²) < 4.78 is 11.2. The first-order valence-corrected chi connectivity index (χ1v) is 26.2. The molecule has 0 aliphatic rings. The summed E-state index contributed by atoms with van der Waals surface area (Å²) in [6.45, 7) is 28.7. The maximum atomic E-state index is 14.4. The number of nitrogens with one attached hydrogen (secondary N) is 6. The van der Waals surface area contributed by atoms with Crippen molar-refractivity contribution in [3.8, 4) is 0 Å². The quantitative estimate of drug-likeness (QED) is 0.0257. The molecule has 3 atom stereocenters. The summed E-state index contributed by atoms with van der Waals surface area (Å²) in [5.74, 6) is -3.15. The number of likely N-dealkylation sites (N-methyl/N-ethyl adjacent to an activating group) is 2. The fourth-order valence-electron chi connectivity index (χ4n) is 6.66. The molecule has 0 radical (unpaired) electrons. The Balaban J connectivity index is 0.00000892. The lowest BCUT2D eigenvalue weighted by Crippen LogP contribution is -2.62. The highest BCUT2D eigenvalue weighted by atomic mass is 32.2. The van der Waals surface area contributed by atoms with Crippen LogP contribution < -0.4 is 37.7 Å². The fourth-order valence-corrected chi connectivity index (χ4v) is 7.33. The van der Waals surface area contributed by atoms with Crippen LogP contribution in [0, 0.1) is 5.41 Å². The van der Waals surface area contributed by atoms with Crippen LogP contribution >= 0.6 is 11.9 Å². The zero-order valence-corrected chi connectivity index (χ0v) is 49.1. The van der Waals surface area contributed by atoms with Gasteiger partial charge in [-0.15, -0.1) is 0 Å². The lowest BCUT2D eigenvalue weighted by atomic mass is 9.76. The van der Waals surface area contributed by atoms with Crippen LogP contribution in [0.25, 0.3) is 0 Å². The number of hydrazine groups is 1. The van der Waals surface area contributed by atoms with Gasteiger partial charge in [-0.05, 0) is 89.0 Å². The van der Waals surface area contributed by atoms with Crippen molar-refractivity contribution in [2.24, 2.45) is 11.1 Å². The van der Waals surface area contributed by atoms with E-state index in [-0.39, 0.29) is 42.1 Å². The van der Waals surface area contributed by atoms with E-state index < -0.39 is 94.5 Å². The Morgan fingerprint density at radius 2 is 1.29 bits per heavy atom. The van der Waals surface area contributed by atoms with Gasteiger partial charge in [0.25, 0.3) is 5.91 Å². The molecule has 0 aliphatic heterocycles. The molecule has 2 aromatic rings. The molecular weight excluding hydrogens is 997 g/mol. The number of primary amides is 1. The summed E-state index contributed by atoms with van der Waals surface area (Å²) in [5, 5.41) is 23.8. The molecule has 0 saturated carbocycles. The van der Waals surface area contributed by atoms with Crippen molar-refractivity contribution < 1.29 is 53.0 Å². The van der Waals surface area contributed by atoms with Crippen LogP contribution in [0.4, 0.5) is 20.1 Å². The van der Waals surface area contributed by atoms with E-state index in [2.05, 4.69) is 59.7 Å². The van der Waals surface area contributed by atoms with E-state index >= 15 is 0 Å². The number of carbonyl (C=O) groups is 8. The van der Waals surface area contributed by atoms with E-state index in [9.17, 15) is 43.6 Å². The zero-order valence-electron chi connectivity index (χ0n) is 48.3. The number of urea groups is 1. The number of hydrogen-bond acceptors (Lipinski definition) is 13. The number of alkyl carbamates (subject to hydrolysis) is 1. The predicted molar refractivity (Wildman–Crippen MR) is 298 cm³/mol. The molecule has 0 heterocycles. The Morgan fingerprint density at radius 1 is 0.750 bits per heavy atom. The number of benzene rings is 2. The van der Waals surface area contributed by atoms with Gasteiger partial charge in [-0.2, -0.15) is 0 Å². The highest BCUT2D eigenvalue weighted by Gasteiger charge is 2.45. The number of carbonyl (C=O) groups excluding carboxylic acids is 8. The van der Waals surface area contributed by atoms with E-state index in [1.54, 1.807) is 80.5 Å². The second-order valence-electron chi connectivity index (χ2n) is 21.6. The molecule has 0 fully saturated rings. The van der Waals surface area contributed by atoms with Crippen LogP contribution in [-0.4, -0.2) is 130 Å². The topological polar surface area (TPSA) is 283 Å². The minimum atomic E-state index is -1.15. The van der Waals surface area contributed by atoms with Crippen LogP contribution in [0.1, 0.15) is 142 Å². The normalized spacial score (nSPS) is 12.8. The molecule has 3 unspecified atom stereocenters. The molecule has 0 saturated heterocycles. The first-order chi connectivity index (χ1) is 35.1. The van der Waals surface area contributed by atoms with E-state index in [1.165, 1.54) is 55.8 Å². The summed E-state index contributed by atoms with van der Waals surface area (Å²) in [6, 6.07) is 11.5. The lowest BCUT2D eigenvalue weighted by Gasteiger charge is -2.42. The van der Waals surface area contributed by atoms with Crippen molar-refractivity contribution in [3.63, 3.8) is 0 Å². The Labute approximate surface area is 456 Å². The largest absolute Gasteiger partial charge is 0.444 e. The lowest BCUT2D eigenvalue weighted by molar-refractivity contribution is -0.140. The van der Waals surface area contributed by atoms with Crippen LogP contribution in [0.2, 0.25) is 0 Å². The van der Waals surface area contributed by atoms with Gasteiger partial charge in [0.05, 0.1) is 10.6 Å². The summed E-state index contributed by atoms with van der Waals surface area (Å²) in [6.07, 6.45) is 2.71. The third-order valence-corrected chi connectivity index (χ3v) is 11.1. The van der Waals surface area contributed by atoms with Crippen molar-refractivity contribution in [1.29, 1.82) is 0 Å². The molecule has 21 nitrogen and oxygen atoms in total. The molecule has 0 aromatic heterocycles. The molecule has 22 heteroatoms. The minimum Gasteiger partial charge on any atom is -0.444 e. The van der Waals surface area contributed by atoms with Crippen molar-refractivity contribution in [2.45, 2.75) is 176 Å². The number of ether oxygens (including phenoxy) is 2. The monoisotopic (exact) mass is 1090 g/mol. The Bertz CT molecular complexity index is 2220. The SMILES string of the molecule is C/C(=C\CN(C)C(=O)C(NC(=O)C(N(C)C(=O)OC(C)(C)C)C(C)(C)c1ccccc1)C(C)(C)C)C(=O)NN(O)Sc1ccccc1NC(=O)C(CCCNC(N)=O)NC(=O)CNC(=O)OC(C)(C)C.CCC.CCC. The smallest absolute Gasteiger partial charge is 0.410 e. The van der Waals surface area contributed by atoms with Gasteiger partial charge in [0, 0.05) is 50.1 Å². The zero-order chi connectivity index (χ0) is 58.8. The first-order valence-electron chi connectivity index (χ1n) is 25.5. The van der Waals surface area contributed by atoms with Crippen molar-refractivity contribution in [3.05, 3.63) is 71.8 Å². The van der Waals surface area contributed by atoms with Gasteiger partial charge in [0.1, 0.15) is 35.9 Å². The molecule has 0 aliphatic carbocycles. The van der Waals surface area contributed by atoms with E-state index in [1.807, 2.05) is 44.2 Å². The third-order valence-electron chi connectivity index (χ3n) is 10.3. The standard InChI is InChI=1S/C48H74N10O11S.2C3H8/c1-30(26-28-56(13)41(63)36(45(2,3)4)54-40(62)37(57(14)44(66)69-47(8,9)10)48(11,12)31-21-16-15-17-22-31)38(60)55-58(67)70-34-25-19-18-23-32(34)53-39(61)33(24-20-27-50-42(49)64)52-35(59)29-51-43(65)68-46(5,6)7;2*1-3-2/h15-19,21-23,25-26,33,36-37,67H,20,24,27-29H2,1-14H3,(H,51,65)(H,52,59)(H,53,61)(H,54,62)(H,55,60)(H3,49,50,64);2*3H2,1-2H3/b30-26+;;. The van der Waals surface area contributed by atoms with Crippen molar-refractivity contribution >= 4 is 65.4 Å². The Hall–Kier alpha value is -6.39. The third kappa shape index (κ3) is 26.9. The Kier molecular flexibility index (Phi) is 30.1. The van der Waals surface area contributed by atoms with Gasteiger partial charge in [-0.1, -0.05) is 124 Å². The second-order valence-corrected chi connectivity index (χ2v) is 22.6. The van der Waals surface area contributed by atoms with E-state index in [0.29, 0.717) is 16.5 Å². The highest BCUT2D eigenvalue weighted by molar-refractivity contribution is 7.97. The van der Waals surface area contributed by atoms with Gasteiger partial charge in [-0.3, -0.25) is 39.5 Å². The van der Waals surface area contributed by atoms with Crippen LogP contribution in [0.3, 0.4) is 0 Å². The first kappa shape index (κ1) is 69.6. The molecule has 9 amide bonds. The fraction of sp³-hybridized carbons (Fsp3) is 0.593. The van der Waals surface area contributed by atoms with E-state index in [4.69, 9.17) is 15.2 Å². The van der Waals surface area contributed by atoms with Crippen LogP contribution in [0.5, 0.6) is 0 Å². The molecule has 9 N–H and O–H groups in total. The second kappa shape index (κ2) is 32.9. The number of rotatable bonds is 21. The highest BCUT2D eigenvalue weighted by Crippen LogP contribution is 2.33. The Morgan fingerprint density at radius 3 is 1.82 bits per heavy atom. The number of nitrogens with zero attached hydrogens (tertiary/aromatic N) is 3. The van der Waals surface area contributed by atoms with Crippen molar-refractivity contribution in [2.75, 3.05) is 39.0 Å². The van der Waals surface area contributed by atoms with Gasteiger partial charge in [0.15, 0.2) is 0 Å². The molecule has 0 bridgehead atoms. The van der Waals surface area contributed by atoms with Gasteiger partial charge < -0.3 is 46.7 Å². The van der Waals surface area contributed by atoms with Crippen molar-refractivity contribution in [1.82, 2.24) is 41.1 Å². The molecular formula is C54H90N10O11S. The molecule has 2 rings (SSSR count). The maximum Gasteiger partial charge on any atom is 0.410 e. The summed E-state index contributed by atoms with van der Waals surface area (Å²) in [7, 11) is 3.00. The minimum absolute atomic E-state index is 0.0562. The molecule has 0 spiro atoms. The number of para-hydroxylation sites is 1. The number of hydrogen-bond donors (Lipinski definition) is 8.